The number of para-hydroxylation sites is 1. The summed E-state index contributed by atoms with van der Waals surface area (Å²) in [6.45, 7) is 1.96. The number of benzene rings is 1. The number of hydrogen-bond donors (Lipinski definition) is 0. The van der Waals surface area contributed by atoms with Gasteiger partial charge in [-0.1, -0.05) is 19.1 Å². The van der Waals surface area contributed by atoms with E-state index >= 15 is 0 Å². The van der Waals surface area contributed by atoms with Gasteiger partial charge in [0.15, 0.2) is 11.5 Å². The van der Waals surface area contributed by atoms with Crippen molar-refractivity contribution in [2.45, 2.75) is 19.4 Å². The first-order valence-corrected chi connectivity index (χ1v) is 7.46. The Morgan fingerprint density at radius 1 is 1.33 bits per heavy atom. The van der Waals surface area contributed by atoms with Gasteiger partial charge in [0.25, 0.3) is 0 Å². The molecule has 0 amide bonds. The summed E-state index contributed by atoms with van der Waals surface area (Å²) < 4.78 is 3.15. The lowest BCUT2D eigenvalue weighted by atomic mass is 10.2. The lowest BCUT2D eigenvalue weighted by molar-refractivity contribution is -0.385. The van der Waals surface area contributed by atoms with E-state index in [9.17, 15) is 10.1 Å². The monoisotopic (exact) mass is 323 g/mol. The van der Waals surface area contributed by atoms with E-state index in [1.807, 2.05) is 31.2 Å². The van der Waals surface area contributed by atoms with Crippen LogP contribution in [0.5, 0.6) is 0 Å². The molecule has 0 aliphatic heterocycles. The van der Waals surface area contributed by atoms with Gasteiger partial charge in [0.1, 0.15) is 24.8 Å². The van der Waals surface area contributed by atoms with Gasteiger partial charge in [-0.25, -0.2) is 14.5 Å². The normalized spacial score (nSPS) is 12.7. The fourth-order valence-corrected chi connectivity index (χ4v) is 2.72. The molecule has 0 aliphatic rings. The highest BCUT2D eigenvalue weighted by Crippen LogP contribution is 2.23. The molecule has 3 heterocycles. The standard InChI is InChI=1S/C15H13N7O2/c1-2-13(20-8-10(7-17-20)22(23)24)14-18-15-11-5-3-4-6-12(11)16-9-21(15)19-14/h3-9,13H,2H2,1H3/t13-/m1/s1. The summed E-state index contributed by atoms with van der Waals surface area (Å²) >= 11 is 0. The number of hydrogen-bond acceptors (Lipinski definition) is 6. The Kier molecular flexibility index (Phi) is 3.19. The summed E-state index contributed by atoms with van der Waals surface area (Å²) in [6.07, 6.45) is 4.90. The molecule has 9 nitrogen and oxygen atoms in total. The lowest BCUT2D eigenvalue weighted by Gasteiger charge is -2.10. The van der Waals surface area contributed by atoms with Crippen molar-refractivity contribution in [3.05, 3.63) is 58.9 Å². The van der Waals surface area contributed by atoms with Crippen LogP contribution in [0.4, 0.5) is 5.69 Å². The van der Waals surface area contributed by atoms with Crippen LogP contribution in [0.2, 0.25) is 0 Å². The zero-order valence-electron chi connectivity index (χ0n) is 12.8. The van der Waals surface area contributed by atoms with E-state index in [4.69, 9.17) is 0 Å². The van der Waals surface area contributed by atoms with Gasteiger partial charge in [0, 0.05) is 5.39 Å². The minimum atomic E-state index is -0.468. The molecule has 0 N–H and O–H groups in total. The Bertz CT molecular complexity index is 1050. The molecule has 0 radical (unpaired) electrons. The van der Waals surface area contributed by atoms with Crippen molar-refractivity contribution in [1.29, 1.82) is 0 Å². The van der Waals surface area contributed by atoms with Gasteiger partial charge >= 0.3 is 5.69 Å². The van der Waals surface area contributed by atoms with Crippen molar-refractivity contribution >= 4 is 22.2 Å². The molecule has 120 valence electrons. The molecule has 0 bridgehead atoms. The quantitative estimate of drug-likeness (QED) is 0.422. The Hall–Kier alpha value is -3.36. The third-order valence-electron chi connectivity index (χ3n) is 3.90. The van der Waals surface area contributed by atoms with Gasteiger partial charge in [0.05, 0.1) is 10.4 Å². The molecule has 4 rings (SSSR count). The average Bonchev–Trinajstić information content (AvgIpc) is 3.23. The molecule has 1 aromatic carbocycles. The minimum absolute atomic E-state index is 0.0515. The molecular formula is C15H13N7O2. The highest BCUT2D eigenvalue weighted by Gasteiger charge is 2.21. The van der Waals surface area contributed by atoms with E-state index in [2.05, 4.69) is 20.2 Å². The zero-order chi connectivity index (χ0) is 16.7. The smallest absolute Gasteiger partial charge is 0.258 e. The molecule has 0 unspecified atom stereocenters. The summed E-state index contributed by atoms with van der Waals surface area (Å²) in [5, 5.41) is 20.3. The average molecular weight is 323 g/mol. The number of nitro groups is 1. The lowest BCUT2D eigenvalue weighted by Crippen LogP contribution is -2.12. The van der Waals surface area contributed by atoms with Gasteiger partial charge in [-0.05, 0) is 18.6 Å². The Morgan fingerprint density at radius 2 is 2.17 bits per heavy atom. The molecule has 0 saturated carbocycles. The van der Waals surface area contributed by atoms with Crippen LogP contribution in [-0.2, 0) is 0 Å². The van der Waals surface area contributed by atoms with Crippen LogP contribution < -0.4 is 0 Å². The van der Waals surface area contributed by atoms with Gasteiger partial charge in [0.2, 0.25) is 0 Å². The van der Waals surface area contributed by atoms with E-state index in [1.165, 1.54) is 17.1 Å². The van der Waals surface area contributed by atoms with Crippen LogP contribution in [0.15, 0.2) is 43.0 Å². The van der Waals surface area contributed by atoms with Gasteiger partial charge in [-0.3, -0.25) is 14.8 Å². The first kappa shape index (κ1) is 14.2. The van der Waals surface area contributed by atoms with Crippen LogP contribution in [0.3, 0.4) is 0 Å². The maximum atomic E-state index is 10.9. The molecule has 4 aromatic rings. The fraction of sp³-hybridized carbons (Fsp3) is 0.200. The number of fused-ring (bicyclic) bond motifs is 3. The van der Waals surface area contributed by atoms with Crippen molar-refractivity contribution in [2.75, 3.05) is 0 Å². The summed E-state index contributed by atoms with van der Waals surface area (Å²) in [5.74, 6) is 0.550. The first-order valence-electron chi connectivity index (χ1n) is 7.46. The Labute approximate surface area is 135 Å². The van der Waals surface area contributed by atoms with Crippen molar-refractivity contribution in [3.8, 4) is 0 Å². The van der Waals surface area contributed by atoms with Crippen molar-refractivity contribution in [2.24, 2.45) is 0 Å². The van der Waals surface area contributed by atoms with E-state index in [0.717, 1.165) is 10.9 Å². The predicted molar refractivity (Wildman–Crippen MR) is 85.6 cm³/mol. The van der Waals surface area contributed by atoms with E-state index < -0.39 is 4.92 Å². The molecular weight excluding hydrogens is 310 g/mol. The van der Waals surface area contributed by atoms with Gasteiger partial charge in [-0.15, -0.1) is 5.10 Å². The Morgan fingerprint density at radius 3 is 2.92 bits per heavy atom. The van der Waals surface area contributed by atoms with Crippen LogP contribution in [0.1, 0.15) is 25.2 Å². The first-order chi connectivity index (χ1) is 11.7. The van der Waals surface area contributed by atoms with Crippen LogP contribution in [0, 0.1) is 10.1 Å². The van der Waals surface area contributed by atoms with Crippen molar-refractivity contribution in [3.63, 3.8) is 0 Å². The second-order valence-corrected chi connectivity index (χ2v) is 5.36. The van der Waals surface area contributed by atoms with Crippen LogP contribution >= 0.6 is 0 Å². The van der Waals surface area contributed by atoms with Gasteiger partial charge in [-0.2, -0.15) is 5.10 Å². The van der Waals surface area contributed by atoms with Crippen LogP contribution in [0.25, 0.3) is 16.6 Å². The summed E-state index contributed by atoms with van der Waals surface area (Å²) in [5.41, 5.74) is 1.49. The summed E-state index contributed by atoms with van der Waals surface area (Å²) in [6, 6.07) is 7.42. The molecule has 1 atom stereocenters. The summed E-state index contributed by atoms with van der Waals surface area (Å²) in [7, 11) is 0. The highest BCUT2D eigenvalue weighted by molar-refractivity contribution is 5.90. The maximum Gasteiger partial charge on any atom is 0.307 e. The van der Waals surface area contributed by atoms with E-state index in [-0.39, 0.29) is 11.7 Å². The number of aromatic nitrogens is 6. The van der Waals surface area contributed by atoms with Crippen molar-refractivity contribution in [1.82, 2.24) is 29.4 Å². The SMILES string of the molecule is CC[C@H](c1nc2c3ccccc3ncn2n1)n1cc([N+](=O)[O-])cn1. The molecule has 9 heteroatoms. The number of rotatable bonds is 4. The fourth-order valence-electron chi connectivity index (χ4n) is 2.72. The molecule has 24 heavy (non-hydrogen) atoms. The number of nitrogens with zero attached hydrogens (tertiary/aromatic N) is 7. The van der Waals surface area contributed by atoms with Crippen LogP contribution in [-0.4, -0.2) is 34.3 Å². The van der Waals surface area contributed by atoms with Gasteiger partial charge < -0.3 is 0 Å². The zero-order valence-corrected chi connectivity index (χ0v) is 12.8. The largest absolute Gasteiger partial charge is 0.307 e. The molecule has 0 fully saturated rings. The van der Waals surface area contributed by atoms with E-state index in [1.54, 1.807) is 10.8 Å². The minimum Gasteiger partial charge on any atom is -0.258 e. The molecule has 0 aliphatic carbocycles. The van der Waals surface area contributed by atoms with Crippen molar-refractivity contribution < 1.29 is 4.92 Å². The predicted octanol–water partition coefficient (Wildman–Crippen LogP) is 2.38. The second kappa shape index (κ2) is 5.37. The molecule has 0 spiro atoms. The Balaban J connectivity index is 1.84. The second-order valence-electron chi connectivity index (χ2n) is 5.36. The highest BCUT2D eigenvalue weighted by atomic mass is 16.6. The molecule has 3 aromatic heterocycles. The topological polar surface area (TPSA) is 104 Å². The summed E-state index contributed by atoms with van der Waals surface area (Å²) in [4.78, 5) is 19.4. The molecule has 0 saturated heterocycles. The third-order valence-corrected chi connectivity index (χ3v) is 3.90. The third kappa shape index (κ3) is 2.18. The van der Waals surface area contributed by atoms with E-state index in [0.29, 0.717) is 17.9 Å². The maximum absolute atomic E-state index is 10.9.